The van der Waals surface area contributed by atoms with Crippen molar-refractivity contribution in [3.63, 3.8) is 0 Å². The third kappa shape index (κ3) is 3.00. The maximum Gasteiger partial charge on any atom is 0.259 e. The average Bonchev–Trinajstić information content (AvgIpc) is 3.10. The van der Waals surface area contributed by atoms with Crippen molar-refractivity contribution >= 4 is 34.5 Å². The first-order valence-corrected chi connectivity index (χ1v) is 8.44. The Morgan fingerprint density at radius 1 is 1.30 bits per heavy atom. The van der Waals surface area contributed by atoms with Crippen LogP contribution in [0.2, 0.25) is 5.02 Å². The predicted octanol–water partition coefficient (Wildman–Crippen LogP) is 4.58. The lowest BCUT2D eigenvalue weighted by Gasteiger charge is -2.05. The lowest BCUT2D eigenvalue weighted by molar-refractivity contribution is 0.102. The summed E-state index contributed by atoms with van der Waals surface area (Å²) < 4.78 is 5.71. The highest BCUT2D eigenvalue weighted by molar-refractivity contribution is 7.14. The summed E-state index contributed by atoms with van der Waals surface area (Å²) in [5, 5.41) is 13.5. The number of halogens is 1. The van der Waals surface area contributed by atoms with Gasteiger partial charge in [-0.3, -0.25) is 4.79 Å². The summed E-state index contributed by atoms with van der Waals surface area (Å²) in [7, 11) is 0. The number of nitrogens with zero attached hydrogens (tertiary/aromatic N) is 2. The molecule has 0 atom stereocenters. The van der Waals surface area contributed by atoms with E-state index in [-0.39, 0.29) is 5.91 Å². The van der Waals surface area contributed by atoms with Crippen LogP contribution in [0.5, 0.6) is 0 Å². The van der Waals surface area contributed by atoms with Gasteiger partial charge in [0.25, 0.3) is 11.8 Å². The number of benzene rings is 1. The van der Waals surface area contributed by atoms with E-state index < -0.39 is 0 Å². The van der Waals surface area contributed by atoms with Crippen molar-refractivity contribution in [2.24, 2.45) is 0 Å². The lowest BCUT2D eigenvalue weighted by atomic mass is 10.2. The van der Waals surface area contributed by atoms with Crippen LogP contribution in [0.15, 0.2) is 40.1 Å². The van der Waals surface area contributed by atoms with Gasteiger partial charge in [0.2, 0.25) is 5.89 Å². The highest BCUT2D eigenvalue weighted by atomic mass is 35.5. The summed E-state index contributed by atoms with van der Waals surface area (Å²) in [6, 6.07) is 8.63. The SMILES string of the molecule is O=C(Nc1ccsc1-c1nnc(C2CC2)o1)c1cccc(Cl)c1. The van der Waals surface area contributed by atoms with Crippen LogP contribution in [-0.4, -0.2) is 16.1 Å². The number of rotatable bonds is 4. The smallest absolute Gasteiger partial charge is 0.259 e. The molecule has 1 aromatic carbocycles. The largest absolute Gasteiger partial charge is 0.420 e. The van der Waals surface area contributed by atoms with Gasteiger partial charge in [-0.1, -0.05) is 17.7 Å². The summed E-state index contributed by atoms with van der Waals surface area (Å²) >= 11 is 7.38. The zero-order valence-electron chi connectivity index (χ0n) is 12.0. The van der Waals surface area contributed by atoms with Gasteiger partial charge in [0, 0.05) is 16.5 Å². The van der Waals surface area contributed by atoms with E-state index in [2.05, 4.69) is 15.5 Å². The molecular weight excluding hydrogens is 334 g/mol. The van der Waals surface area contributed by atoms with Crippen LogP contribution >= 0.6 is 22.9 Å². The fourth-order valence-electron chi connectivity index (χ4n) is 2.22. The molecule has 0 unspecified atom stereocenters. The Kier molecular flexibility index (Phi) is 3.63. The Hall–Kier alpha value is -2.18. The van der Waals surface area contributed by atoms with E-state index in [1.165, 1.54) is 11.3 Å². The topological polar surface area (TPSA) is 68.0 Å². The van der Waals surface area contributed by atoms with Gasteiger partial charge in [0.15, 0.2) is 0 Å². The van der Waals surface area contributed by atoms with Crippen LogP contribution in [0.3, 0.4) is 0 Å². The summed E-state index contributed by atoms with van der Waals surface area (Å²) in [6.07, 6.45) is 2.20. The highest BCUT2D eigenvalue weighted by Gasteiger charge is 2.30. The fourth-order valence-corrected chi connectivity index (χ4v) is 3.18. The van der Waals surface area contributed by atoms with Gasteiger partial charge in [-0.15, -0.1) is 21.5 Å². The fraction of sp³-hybridized carbons (Fsp3) is 0.188. The van der Waals surface area contributed by atoms with Gasteiger partial charge < -0.3 is 9.73 Å². The molecule has 0 bridgehead atoms. The molecule has 2 heterocycles. The molecule has 23 heavy (non-hydrogen) atoms. The number of anilines is 1. The van der Waals surface area contributed by atoms with Crippen molar-refractivity contribution < 1.29 is 9.21 Å². The van der Waals surface area contributed by atoms with E-state index in [4.69, 9.17) is 16.0 Å². The Balaban J connectivity index is 1.58. The first kappa shape index (κ1) is 14.4. The quantitative estimate of drug-likeness (QED) is 0.751. The molecule has 0 radical (unpaired) electrons. The minimum Gasteiger partial charge on any atom is -0.420 e. The molecule has 0 aliphatic heterocycles. The van der Waals surface area contributed by atoms with Crippen molar-refractivity contribution in [1.82, 2.24) is 10.2 Å². The second-order valence-corrected chi connectivity index (χ2v) is 6.70. The molecular formula is C16H12ClN3O2S. The number of thiophene rings is 1. The van der Waals surface area contributed by atoms with Crippen molar-refractivity contribution in [3.8, 4) is 10.8 Å². The van der Waals surface area contributed by atoms with Crippen LogP contribution < -0.4 is 5.32 Å². The van der Waals surface area contributed by atoms with Crippen LogP contribution in [-0.2, 0) is 0 Å². The van der Waals surface area contributed by atoms with E-state index in [1.807, 2.05) is 11.4 Å². The number of amides is 1. The molecule has 0 spiro atoms. The minimum atomic E-state index is -0.228. The standard InChI is InChI=1S/C16H12ClN3O2S/c17-11-3-1-2-10(8-11)14(21)18-12-6-7-23-13(12)16-20-19-15(22-16)9-4-5-9/h1-3,6-9H,4-5H2,(H,18,21). The summed E-state index contributed by atoms with van der Waals surface area (Å²) in [5.41, 5.74) is 1.16. The van der Waals surface area contributed by atoms with Gasteiger partial charge in [-0.25, -0.2) is 0 Å². The molecule has 3 aromatic rings. The second kappa shape index (κ2) is 5.79. The Bertz CT molecular complexity index is 870. The summed E-state index contributed by atoms with van der Waals surface area (Å²) in [5.74, 6) is 1.30. The number of hydrogen-bond acceptors (Lipinski definition) is 5. The zero-order chi connectivity index (χ0) is 15.8. The maximum absolute atomic E-state index is 12.3. The van der Waals surface area contributed by atoms with E-state index in [9.17, 15) is 4.79 Å². The van der Waals surface area contributed by atoms with Crippen molar-refractivity contribution in [2.45, 2.75) is 18.8 Å². The van der Waals surface area contributed by atoms with Crippen LogP contribution in [0, 0.1) is 0 Å². The van der Waals surface area contributed by atoms with E-state index in [0.717, 1.165) is 17.7 Å². The van der Waals surface area contributed by atoms with Crippen molar-refractivity contribution in [2.75, 3.05) is 5.32 Å². The molecule has 1 aliphatic carbocycles. The Morgan fingerprint density at radius 2 is 2.17 bits per heavy atom. The van der Waals surface area contributed by atoms with E-state index >= 15 is 0 Å². The van der Waals surface area contributed by atoms with E-state index in [1.54, 1.807) is 24.3 Å². The zero-order valence-corrected chi connectivity index (χ0v) is 13.5. The van der Waals surface area contributed by atoms with Gasteiger partial charge in [0.05, 0.1) is 5.69 Å². The number of aromatic nitrogens is 2. The van der Waals surface area contributed by atoms with Gasteiger partial charge >= 0.3 is 0 Å². The highest BCUT2D eigenvalue weighted by Crippen LogP contribution is 2.41. The van der Waals surface area contributed by atoms with Gasteiger partial charge in [0.1, 0.15) is 4.88 Å². The number of hydrogen-bond donors (Lipinski definition) is 1. The lowest BCUT2D eigenvalue weighted by Crippen LogP contribution is -2.11. The molecule has 1 N–H and O–H groups in total. The first-order chi connectivity index (χ1) is 11.2. The molecule has 1 amide bonds. The molecule has 0 saturated heterocycles. The average molecular weight is 346 g/mol. The second-order valence-electron chi connectivity index (χ2n) is 5.35. The number of carbonyl (C=O) groups excluding carboxylic acids is 1. The van der Waals surface area contributed by atoms with Crippen LogP contribution in [0.4, 0.5) is 5.69 Å². The monoisotopic (exact) mass is 345 g/mol. The maximum atomic E-state index is 12.3. The molecule has 7 heteroatoms. The van der Waals surface area contributed by atoms with Gasteiger partial charge in [-0.2, -0.15) is 0 Å². The third-order valence-electron chi connectivity index (χ3n) is 3.56. The Morgan fingerprint density at radius 3 is 2.96 bits per heavy atom. The van der Waals surface area contributed by atoms with Crippen LogP contribution in [0.25, 0.3) is 10.8 Å². The molecule has 1 fully saturated rings. The molecule has 1 saturated carbocycles. The normalized spacial score (nSPS) is 14.0. The molecule has 5 nitrogen and oxygen atoms in total. The van der Waals surface area contributed by atoms with Crippen molar-refractivity contribution in [3.05, 3.63) is 52.2 Å². The number of carbonyl (C=O) groups is 1. The number of nitrogens with one attached hydrogen (secondary N) is 1. The summed E-state index contributed by atoms with van der Waals surface area (Å²) in [4.78, 5) is 13.1. The molecule has 1 aliphatic rings. The van der Waals surface area contributed by atoms with Gasteiger partial charge in [-0.05, 0) is 42.5 Å². The molecule has 4 rings (SSSR count). The van der Waals surface area contributed by atoms with E-state index in [0.29, 0.717) is 34.0 Å². The first-order valence-electron chi connectivity index (χ1n) is 7.19. The Labute approximate surface area is 141 Å². The third-order valence-corrected chi connectivity index (χ3v) is 4.70. The minimum absolute atomic E-state index is 0.228. The predicted molar refractivity (Wildman–Crippen MR) is 89.0 cm³/mol. The molecule has 116 valence electrons. The van der Waals surface area contributed by atoms with Crippen molar-refractivity contribution in [1.29, 1.82) is 0 Å². The summed E-state index contributed by atoms with van der Waals surface area (Å²) in [6.45, 7) is 0. The molecule has 2 aromatic heterocycles. The van der Waals surface area contributed by atoms with Crippen LogP contribution in [0.1, 0.15) is 35.0 Å².